The molecular weight excluding hydrogens is 332 g/mol. The van der Waals surface area contributed by atoms with Crippen LogP contribution in [0.1, 0.15) is 16.7 Å². The lowest BCUT2D eigenvalue weighted by Gasteiger charge is -2.08. The van der Waals surface area contributed by atoms with Crippen LogP contribution in [0.25, 0.3) is 6.08 Å². The standard InChI is InChI=1S/C20H20N2O2S/c1-13-9-10-14(2)16(11-13)21-20-22(3)19(23)18(25-20)12-15-7-5-6-8-17(15)24-4/h5-12H,1-4H3/b18-12-,21-20?. The van der Waals surface area contributed by atoms with Gasteiger partial charge in [0.2, 0.25) is 0 Å². The Morgan fingerprint density at radius 1 is 1.16 bits per heavy atom. The molecule has 1 saturated heterocycles. The number of hydrogen-bond acceptors (Lipinski definition) is 4. The van der Waals surface area contributed by atoms with Gasteiger partial charge in [-0.05, 0) is 54.9 Å². The fourth-order valence-corrected chi connectivity index (χ4v) is 3.49. The molecule has 4 nitrogen and oxygen atoms in total. The first-order chi connectivity index (χ1) is 12.0. The molecule has 0 unspecified atom stereocenters. The number of hydrogen-bond donors (Lipinski definition) is 0. The molecule has 1 heterocycles. The molecule has 1 amide bonds. The number of nitrogens with zero attached hydrogens (tertiary/aromatic N) is 2. The molecule has 0 spiro atoms. The number of methoxy groups -OCH3 is 1. The van der Waals surface area contributed by atoms with Crippen LogP contribution in [0.15, 0.2) is 52.4 Å². The third-order valence-electron chi connectivity index (χ3n) is 4.01. The molecule has 1 aliphatic rings. The third-order valence-corrected chi connectivity index (χ3v) is 5.07. The zero-order valence-electron chi connectivity index (χ0n) is 14.7. The highest BCUT2D eigenvalue weighted by atomic mass is 32.2. The summed E-state index contributed by atoms with van der Waals surface area (Å²) in [5.74, 6) is 0.686. The van der Waals surface area contributed by atoms with Gasteiger partial charge in [0, 0.05) is 12.6 Å². The number of amides is 1. The molecule has 128 valence electrons. The van der Waals surface area contributed by atoms with Crippen molar-refractivity contribution in [2.75, 3.05) is 14.2 Å². The van der Waals surface area contributed by atoms with E-state index in [4.69, 9.17) is 9.73 Å². The van der Waals surface area contributed by atoms with Crippen molar-refractivity contribution in [2.45, 2.75) is 13.8 Å². The predicted octanol–water partition coefficient (Wildman–Crippen LogP) is 4.55. The van der Waals surface area contributed by atoms with Crippen LogP contribution in [0, 0.1) is 13.8 Å². The average Bonchev–Trinajstić information content (AvgIpc) is 2.87. The minimum Gasteiger partial charge on any atom is -0.496 e. The van der Waals surface area contributed by atoms with Crippen LogP contribution < -0.4 is 4.74 Å². The van der Waals surface area contributed by atoms with E-state index in [1.807, 2.05) is 56.3 Å². The van der Waals surface area contributed by atoms with Gasteiger partial charge in [-0.3, -0.25) is 9.69 Å². The molecule has 25 heavy (non-hydrogen) atoms. The van der Waals surface area contributed by atoms with Crippen LogP contribution >= 0.6 is 11.8 Å². The number of para-hydroxylation sites is 1. The minimum absolute atomic E-state index is 0.0556. The monoisotopic (exact) mass is 352 g/mol. The van der Waals surface area contributed by atoms with E-state index in [9.17, 15) is 4.79 Å². The summed E-state index contributed by atoms with van der Waals surface area (Å²) in [6, 6.07) is 13.8. The van der Waals surface area contributed by atoms with Crippen LogP contribution in [0.3, 0.4) is 0 Å². The number of ether oxygens (including phenoxy) is 1. The van der Waals surface area contributed by atoms with Gasteiger partial charge in [0.05, 0.1) is 17.7 Å². The topological polar surface area (TPSA) is 41.9 Å². The van der Waals surface area contributed by atoms with E-state index in [2.05, 4.69) is 6.07 Å². The van der Waals surface area contributed by atoms with Gasteiger partial charge in [0.1, 0.15) is 5.75 Å². The second kappa shape index (κ2) is 7.15. The normalized spacial score (nSPS) is 17.6. The molecule has 0 aromatic heterocycles. The lowest BCUT2D eigenvalue weighted by atomic mass is 10.1. The number of carbonyl (C=O) groups excluding carboxylic acids is 1. The van der Waals surface area contributed by atoms with Gasteiger partial charge in [0.15, 0.2) is 5.17 Å². The highest BCUT2D eigenvalue weighted by Gasteiger charge is 2.30. The lowest BCUT2D eigenvalue weighted by Crippen LogP contribution is -2.23. The minimum atomic E-state index is -0.0556. The van der Waals surface area contributed by atoms with Crippen molar-refractivity contribution in [3.8, 4) is 5.75 Å². The molecule has 0 aliphatic carbocycles. The molecule has 3 rings (SSSR count). The summed E-state index contributed by atoms with van der Waals surface area (Å²) >= 11 is 1.38. The Morgan fingerprint density at radius 3 is 2.68 bits per heavy atom. The summed E-state index contributed by atoms with van der Waals surface area (Å²) in [6.45, 7) is 4.05. The molecule has 0 N–H and O–H groups in total. The fourth-order valence-electron chi connectivity index (χ4n) is 2.52. The number of amidine groups is 1. The fraction of sp³-hybridized carbons (Fsp3) is 0.200. The van der Waals surface area contributed by atoms with Crippen LogP contribution in [0.4, 0.5) is 5.69 Å². The van der Waals surface area contributed by atoms with E-state index >= 15 is 0 Å². The maximum Gasteiger partial charge on any atom is 0.266 e. The first kappa shape index (κ1) is 17.3. The van der Waals surface area contributed by atoms with Crippen molar-refractivity contribution in [3.63, 3.8) is 0 Å². The molecule has 1 aliphatic heterocycles. The summed E-state index contributed by atoms with van der Waals surface area (Å²) < 4.78 is 5.36. The lowest BCUT2D eigenvalue weighted by molar-refractivity contribution is -0.121. The van der Waals surface area contributed by atoms with E-state index < -0.39 is 0 Å². The highest BCUT2D eigenvalue weighted by Crippen LogP contribution is 2.35. The van der Waals surface area contributed by atoms with Gasteiger partial charge < -0.3 is 4.74 Å². The van der Waals surface area contributed by atoms with Crippen LogP contribution in [-0.2, 0) is 4.79 Å². The third kappa shape index (κ3) is 3.61. The first-order valence-electron chi connectivity index (χ1n) is 7.96. The first-order valence-corrected chi connectivity index (χ1v) is 8.78. The number of rotatable bonds is 3. The van der Waals surface area contributed by atoms with E-state index in [1.165, 1.54) is 11.8 Å². The summed E-state index contributed by atoms with van der Waals surface area (Å²) in [7, 11) is 3.38. The number of aryl methyl sites for hydroxylation is 2. The van der Waals surface area contributed by atoms with Crippen molar-refractivity contribution in [1.29, 1.82) is 0 Å². The summed E-state index contributed by atoms with van der Waals surface area (Å²) in [5, 5.41) is 0.680. The quantitative estimate of drug-likeness (QED) is 0.761. The number of likely N-dealkylation sites (N-methyl/N-ethyl adjacent to an activating group) is 1. The van der Waals surface area contributed by atoms with Crippen LogP contribution in [0.5, 0.6) is 5.75 Å². The number of carbonyl (C=O) groups is 1. The van der Waals surface area contributed by atoms with Crippen LogP contribution in [-0.4, -0.2) is 30.1 Å². The zero-order chi connectivity index (χ0) is 18.0. The molecule has 5 heteroatoms. The molecule has 2 aromatic carbocycles. The summed E-state index contributed by atoms with van der Waals surface area (Å²) in [4.78, 5) is 19.5. The van der Waals surface area contributed by atoms with E-state index in [-0.39, 0.29) is 5.91 Å². The smallest absolute Gasteiger partial charge is 0.266 e. The largest absolute Gasteiger partial charge is 0.496 e. The number of thioether (sulfide) groups is 1. The van der Waals surface area contributed by atoms with E-state index in [0.29, 0.717) is 10.1 Å². The zero-order valence-corrected chi connectivity index (χ0v) is 15.6. The summed E-state index contributed by atoms with van der Waals surface area (Å²) in [6.07, 6.45) is 1.86. The number of benzene rings is 2. The van der Waals surface area contributed by atoms with E-state index in [1.54, 1.807) is 19.1 Å². The van der Waals surface area contributed by atoms with Crippen molar-refractivity contribution >= 4 is 34.6 Å². The Bertz CT molecular complexity index is 887. The van der Waals surface area contributed by atoms with Gasteiger partial charge in [-0.15, -0.1) is 0 Å². The number of aliphatic imine (C=N–C) groups is 1. The molecule has 1 fully saturated rings. The molecule has 0 radical (unpaired) electrons. The van der Waals surface area contributed by atoms with Crippen molar-refractivity contribution < 1.29 is 9.53 Å². The molecule has 0 bridgehead atoms. The predicted molar refractivity (Wildman–Crippen MR) is 104 cm³/mol. The Hall–Kier alpha value is -2.53. The Balaban J connectivity index is 1.96. The summed E-state index contributed by atoms with van der Waals surface area (Å²) in [5.41, 5.74) is 4.00. The second-order valence-corrected chi connectivity index (χ2v) is 6.91. The van der Waals surface area contributed by atoms with Gasteiger partial charge >= 0.3 is 0 Å². The Kier molecular flexibility index (Phi) is 4.95. The second-order valence-electron chi connectivity index (χ2n) is 5.90. The maximum atomic E-state index is 12.6. The highest BCUT2D eigenvalue weighted by molar-refractivity contribution is 8.18. The van der Waals surface area contributed by atoms with Gasteiger partial charge in [-0.2, -0.15) is 0 Å². The van der Waals surface area contributed by atoms with E-state index in [0.717, 1.165) is 28.1 Å². The average molecular weight is 352 g/mol. The van der Waals surface area contributed by atoms with Crippen molar-refractivity contribution in [3.05, 3.63) is 64.1 Å². The van der Waals surface area contributed by atoms with Crippen molar-refractivity contribution in [2.24, 2.45) is 4.99 Å². The molecule has 0 saturated carbocycles. The Morgan fingerprint density at radius 2 is 1.92 bits per heavy atom. The van der Waals surface area contributed by atoms with Crippen molar-refractivity contribution in [1.82, 2.24) is 4.90 Å². The SMILES string of the molecule is COc1ccccc1/C=C1\SC(=Nc2cc(C)ccc2C)N(C)C1=O. The molecular formula is C20H20N2O2S. The van der Waals surface area contributed by atoms with Gasteiger partial charge in [0.25, 0.3) is 5.91 Å². The van der Waals surface area contributed by atoms with Gasteiger partial charge in [-0.1, -0.05) is 30.3 Å². The molecule has 0 atom stereocenters. The van der Waals surface area contributed by atoms with Crippen LogP contribution in [0.2, 0.25) is 0 Å². The maximum absolute atomic E-state index is 12.6. The molecule has 2 aromatic rings. The van der Waals surface area contributed by atoms with Gasteiger partial charge in [-0.25, -0.2) is 4.99 Å². The Labute approximate surface area is 152 Å².